The van der Waals surface area contributed by atoms with Crippen LogP contribution in [-0.4, -0.2) is 31.8 Å². The second-order valence-electron chi connectivity index (χ2n) is 5.55. The van der Waals surface area contributed by atoms with Gasteiger partial charge in [-0.25, -0.2) is 17.5 Å². The molecule has 3 N–H and O–H groups in total. The second-order valence-corrected chi connectivity index (χ2v) is 8.17. The van der Waals surface area contributed by atoms with Crippen LogP contribution < -0.4 is 10.5 Å². The van der Waals surface area contributed by atoms with Gasteiger partial charge in [-0.1, -0.05) is 29.3 Å². The molecular weight excluding hydrogens is 402 g/mol. The van der Waals surface area contributed by atoms with Gasteiger partial charge >= 0.3 is 0 Å². The molecule has 0 bridgehead atoms. The Kier molecular flexibility index (Phi) is 6.81. The Balaban J connectivity index is 2.31. The third kappa shape index (κ3) is 4.63. The van der Waals surface area contributed by atoms with Gasteiger partial charge in [-0.15, -0.1) is 0 Å². The maximum absolute atomic E-state index is 13.7. The van der Waals surface area contributed by atoms with E-state index < -0.39 is 15.9 Å². The smallest absolute Gasteiger partial charge is 0.241 e. The highest BCUT2D eigenvalue weighted by Gasteiger charge is 2.18. The number of hydrogen-bond donors (Lipinski definition) is 2. The Morgan fingerprint density at radius 3 is 2.69 bits per heavy atom. The van der Waals surface area contributed by atoms with Gasteiger partial charge in [0, 0.05) is 24.2 Å². The molecule has 26 heavy (non-hydrogen) atoms. The van der Waals surface area contributed by atoms with Gasteiger partial charge in [-0.2, -0.15) is 5.10 Å². The summed E-state index contributed by atoms with van der Waals surface area (Å²) in [5, 5.41) is 4.50. The lowest BCUT2D eigenvalue weighted by Crippen LogP contribution is -2.19. The molecule has 1 aromatic carbocycles. The number of aromatic nitrogens is 2. The van der Waals surface area contributed by atoms with Crippen molar-refractivity contribution in [2.75, 3.05) is 13.6 Å². The Labute approximate surface area is 161 Å². The minimum atomic E-state index is -3.63. The van der Waals surface area contributed by atoms with Gasteiger partial charge in [-0.3, -0.25) is 4.68 Å². The number of halogens is 3. The van der Waals surface area contributed by atoms with Gasteiger partial charge in [0.2, 0.25) is 10.0 Å². The molecule has 0 radical (unpaired) electrons. The van der Waals surface area contributed by atoms with Crippen LogP contribution in [0.4, 0.5) is 4.39 Å². The Hall–Kier alpha value is -1.45. The molecule has 0 saturated heterocycles. The highest BCUT2D eigenvalue weighted by molar-refractivity contribution is 7.89. The maximum atomic E-state index is 13.7. The van der Waals surface area contributed by atoms with Crippen molar-refractivity contribution in [2.45, 2.75) is 24.8 Å². The van der Waals surface area contributed by atoms with Crippen LogP contribution in [0.5, 0.6) is 0 Å². The number of nitrogens with one attached hydrogen (secondary N) is 1. The third-order valence-corrected chi connectivity index (χ3v) is 6.06. The third-order valence-electron chi connectivity index (χ3n) is 3.86. The number of allylic oxidation sites excluding steroid dienone is 1. The van der Waals surface area contributed by atoms with Gasteiger partial charge in [-0.05, 0) is 37.7 Å². The first kappa shape index (κ1) is 20.9. The fraction of sp³-hybridized carbons (Fsp3) is 0.312. The molecule has 0 spiro atoms. The summed E-state index contributed by atoms with van der Waals surface area (Å²) in [6.45, 7) is 1.83. The predicted octanol–water partition coefficient (Wildman–Crippen LogP) is 2.81. The van der Waals surface area contributed by atoms with Crippen LogP contribution in [-0.2, 0) is 23.0 Å². The number of nitrogens with zero attached hydrogens (tertiary/aromatic N) is 2. The zero-order valence-electron chi connectivity index (χ0n) is 14.3. The summed E-state index contributed by atoms with van der Waals surface area (Å²) in [5.41, 5.74) is 7.47. The standard InChI is InChI=1S/C16H19Cl2FN4O2S/c1-10-13(16(18)22-23(10)9-12(19)5-6-20)7-11-3-4-15(14(17)8-11)26(24,25)21-2/h3-5,8,21H,6-7,9,20H2,1-2H3. The van der Waals surface area contributed by atoms with Gasteiger partial charge in [0.05, 0.1) is 11.6 Å². The van der Waals surface area contributed by atoms with E-state index in [4.69, 9.17) is 28.9 Å². The first-order chi connectivity index (χ1) is 12.2. The van der Waals surface area contributed by atoms with E-state index in [1.807, 2.05) is 0 Å². The molecule has 0 aliphatic rings. The summed E-state index contributed by atoms with van der Waals surface area (Å²) in [7, 11) is -2.32. The van der Waals surface area contributed by atoms with Gasteiger partial charge in [0.15, 0.2) is 5.15 Å². The Bertz CT molecular complexity index is 942. The van der Waals surface area contributed by atoms with Crippen molar-refractivity contribution in [3.63, 3.8) is 0 Å². The van der Waals surface area contributed by atoms with Crippen molar-refractivity contribution in [1.82, 2.24) is 14.5 Å². The average Bonchev–Trinajstić information content (AvgIpc) is 2.82. The first-order valence-electron chi connectivity index (χ1n) is 7.68. The minimum Gasteiger partial charge on any atom is -0.327 e. The Morgan fingerprint density at radius 1 is 1.42 bits per heavy atom. The molecule has 0 fully saturated rings. The quantitative estimate of drug-likeness (QED) is 0.720. The summed E-state index contributed by atoms with van der Waals surface area (Å²) in [6, 6.07) is 4.65. The molecule has 10 heteroatoms. The SMILES string of the molecule is CNS(=O)(=O)c1ccc(Cc2c(Cl)nn(CC(F)=CCN)c2C)cc1Cl. The topological polar surface area (TPSA) is 90.0 Å². The lowest BCUT2D eigenvalue weighted by molar-refractivity contribution is 0.518. The van der Waals surface area contributed by atoms with E-state index >= 15 is 0 Å². The van der Waals surface area contributed by atoms with E-state index in [0.29, 0.717) is 17.7 Å². The summed E-state index contributed by atoms with van der Waals surface area (Å²) >= 11 is 12.3. The molecule has 1 aromatic heterocycles. The van der Waals surface area contributed by atoms with Crippen LogP contribution in [0.1, 0.15) is 16.8 Å². The lowest BCUT2D eigenvalue weighted by atomic mass is 10.1. The van der Waals surface area contributed by atoms with E-state index in [2.05, 4.69) is 9.82 Å². The Morgan fingerprint density at radius 2 is 2.12 bits per heavy atom. The summed E-state index contributed by atoms with van der Waals surface area (Å²) in [5.74, 6) is -0.397. The lowest BCUT2D eigenvalue weighted by Gasteiger charge is -2.08. The van der Waals surface area contributed by atoms with Crippen molar-refractivity contribution < 1.29 is 12.8 Å². The van der Waals surface area contributed by atoms with Crippen LogP contribution in [0.3, 0.4) is 0 Å². The molecule has 142 valence electrons. The van der Waals surface area contributed by atoms with Gasteiger partial charge < -0.3 is 5.73 Å². The van der Waals surface area contributed by atoms with Gasteiger partial charge in [0.1, 0.15) is 10.7 Å². The number of hydrogen-bond acceptors (Lipinski definition) is 4. The normalized spacial score (nSPS) is 12.6. The summed E-state index contributed by atoms with van der Waals surface area (Å²) in [6.07, 6.45) is 1.65. The second kappa shape index (κ2) is 8.49. The van der Waals surface area contributed by atoms with Crippen molar-refractivity contribution in [2.24, 2.45) is 5.73 Å². The van der Waals surface area contributed by atoms with Gasteiger partial charge in [0.25, 0.3) is 0 Å². The fourth-order valence-corrected chi connectivity index (χ4v) is 4.01. The van der Waals surface area contributed by atoms with Crippen molar-refractivity contribution in [3.05, 3.63) is 57.1 Å². The van der Waals surface area contributed by atoms with Crippen LogP contribution in [0.2, 0.25) is 10.2 Å². The maximum Gasteiger partial charge on any atom is 0.241 e. The predicted molar refractivity (Wildman–Crippen MR) is 101 cm³/mol. The summed E-state index contributed by atoms with van der Waals surface area (Å²) in [4.78, 5) is -0.00192. The molecule has 2 rings (SSSR count). The van der Waals surface area contributed by atoms with E-state index in [1.165, 1.54) is 23.9 Å². The highest BCUT2D eigenvalue weighted by Crippen LogP contribution is 2.27. The van der Waals surface area contributed by atoms with Crippen LogP contribution in [0, 0.1) is 6.92 Å². The minimum absolute atomic E-state index is 0.00192. The van der Waals surface area contributed by atoms with E-state index in [0.717, 1.165) is 5.56 Å². The molecular formula is C16H19Cl2FN4O2S. The van der Waals surface area contributed by atoms with Crippen molar-refractivity contribution >= 4 is 33.2 Å². The van der Waals surface area contributed by atoms with E-state index in [-0.39, 0.29) is 28.2 Å². The number of sulfonamides is 1. The van der Waals surface area contributed by atoms with Crippen LogP contribution >= 0.6 is 23.2 Å². The highest BCUT2D eigenvalue weighted by atomic mass is 35.5. The molecule has 1 heterocycles. The van der Waals surface area contributed by atoms with E-state index in [1.54, 1.807) is 19.1 Å². The van der Waals surface area contributed by atoms with Crippen LogP contribution in [0.15, 0.2) is 35.0 Å². The zero-order valence-corrected chi connectivity index (χ0v) is 16.6. The molecule has 6 nitrogen and oxygen atoms in total. The number of benzene rings is 1. The van der Waals surface area contributed by atoms with Crippen LogP contribution in [0.25, 0.3) is 0 Å². The average molecular weight is 421 g/mol. The number of rotatable bonds is 7. The molecule has 0 unspecified atom stereocenters. The fourth-order valence-electron chi connectivity index (χ4n) is 2.42. The van der Waals surface area contributed by atoms with Crippen molar-refractivity contribution in [1.29, 1.82) is 0 Å². The monoisotopic (exact) mass is 420 g/mol. The summed E-state index contributed by atoms with van der Waals surface area (Å²) < 4.78 is 41.1. The largest absolute Gasteiger partial charge is 0.327 e. The molecule has 2 aromatic rings. The molecule has 0 saturated carbocycles. The molecule has 0 amide bonds. The number of nitrogens with two attached hydrogens (primary N) is 1. The molecule has 0 atom stereocenters. The molecule has 0 aliphatic carbocycles. The van der Waals surface area contributed by atoms with E-state index in [9.17, 15) is 12.8 Å². The zero-order chi connectivity index (χ0) is 19.5. The molecule has 0 aliphatic heterocycles. The van der Waals surface area contributed by atoms with Crippen molar-refractivity contribution in [3.8, 4) is 0 Å². The first-order valence-corrected chi connectivity index (χ1v) is 9.91.